The van der Waals surface area contributed by atoms with E-state index in [-0.39, 0.29) is 25.7 Å². The van der Waals surface area contributed by atoms with Crippen LogP contribution in [-0.2, 0) is 65.4 Å². The molecule has 0 saturated carbocycles. The number of aliphatic hydroxyl groups is 1. The Balaban J connectivity index is 5.21. The van der Waals surface area contributed by atoms with Crippen LogP contribution in [0, 0.1) is 11.8 Å². The molecule has 0 amide bonds. The number of ether oxygens (including phenoxy) is 4. The summed E-state index contributed by atoms with van der Waals surface area (Å²) in [6.45, 7) is 9.47. The van der Waals surface area contributed by atoms with Crippen molar-refractivity contribution in [3.63, 3.8) is 0 Å². The molecule has 0 aliphatic heterocycles. The van der Waals surface area contributed by atoms with Gasteiger partial charge in [0.05, 0.1) is 26.4 Å². The third-order valence-corrected chi connectivity index (χ3v) is 19.1. The molecule has 3 N–H and O–H groups in total. The van der Waals surface area contributed by atoms with Gasteiger partial charge in [0.25, 0.3) is 0 Å². The second-order valence-corrected chi connectivity index (χ2v) is 30.5. The predicted octanol–water partition coefficient (Wildman–Crippen LogP) is 21.6. The van der Waals surface area contributed by atoms with Crippen LogP contribution in [0.5, 0.6) is 0 Å². The van der Waals surface area contributed by atoms with E-state index in [0.29, 0.717) is 31.6 Å². The van der Waals surface area contributed by atoms with Gasteiger partial charge >= 0.3 is 39.5 Å². The van der Waals surface area contributed by atoms with Crippen LogP contribution in [0.2, 0.25) is 0 Å². The molecule has 0 aromatic rings. The van der Waals surface area contributed by atoms with E-state index >= 15 is 0 Å². The maximum absolute atomic E-state index is 13.1. The van der Waals surface area contributed by atoms with Crippen LogP contribution in [0.15, 0.2) is 0 Å². The summed E-state index contributed by atoms with van der Waals surface area (Å²) >= 11 is 0. The number of hydrogen-bond donors (Lipinski definition) is 3. The van der Waals surface area contributed by atoms with Crippen molar-refractivity contribution in [2.45, 2.75) is 400 Å². The van der Waals surface area contributed by atoms with Crippen molar-refractivity contribution in [2.24, 2.45) is 11.8 Å². The molecular weight excluding hydrogens is 1220 g/mol. The van der Waals surface area contributed by atoms with Crippen LogP contribution >= 0.6 is 15.6 Å². The Labute approximate surface area is 568 Å². The Kier molecular flexibility index (Phi) is 64.6. The van der Waals surface area contributed by atoms with Gasteiger partial charge in [-0.05, 0) is 37.5 Å². The van der Waals surface area contributed by atoms with Crippen LogP contribution < -0.4 is 0 Å². The van der Waals surface area contributed by atoms with E-state index in [4.69, 9.17) is 37.0 Å². The summed E-state index contributed by atoms with van der Waals surface area (Å²) in [5, 5.41) is 10.6. The monoisotopic (exact) mass is 1370 g/mol. The van der Waals surface area contributed by atoms with Crippen molar-refractivity contribution in [2.75, 3.05) is 39.6 Å². The first-order valence-corrected chi connectivity index (χ1v) is 41.5. The van der Waals surface area contributed by atoms with E-state index in [2.05, 4.69) is 41.5 Å². The lowest BCUT2D eigenvalue weighted by Crippen LogP contribution is -2.30. The SMILES string of the molecule is CCCCCCCCCCCCCCCCCCCCCC(=O)O[C@H](COC(=O)CCCCCCCCCCCCCCC)COP(=O)(O)OC[C@@H](O)COP(=O)(O)OC[C@@H](COC(=O)CCCCCCCCC(C)C)OC(=O)CCCCCCCCCCCC(C)C. The van der Waals surface area contributed by atoms with Gasteiger partial charge in [0.1, 0.15) is 19.3 Å². The van der Waals surface area contributed by atoms with Crippen LogP contribution in [0.25, 0.3) is 0 Å². The molecule has 0 rings (SSSR count). The lowest BCUT2D eigenvalue weighted by Gasteiger charge is -2.21. The normalized spacial score (nSPS) is 14.1. The highest BCUT2D eigenvalue weighted by Gasteiger charge is 2.30. The molecule has 0 fully saturated rings. The van der Waals surface area contributed by atoms with Gasteiger partial charge in [-0.3, -0.25) is 37.3 Å². The summed E-state index contributed by atoms with van der Waals surface area (Å²) in [6.07, 6.45) is 52.9. The average Bonchev–Trinajstić information content (AvgIpc) is 1.59. The Morgan fingerprint density at radius 2 is 0.495 bits per heavy atom. The van der Waals surface area contributed by atoms with Gasteiger partial charge in [-0.1, -0.05) is 330 Å². The second kappa shape index (κ2) is 66.0. The fourth-order valence-corrected chi connectivity index (χ4v) is 12.9. The number of carbonyl (C=O) groups is 4. The highest BCUT2D eigenvalue weighted by molar-refractivity contribution is 7.47. The number of phosphoric acid groups is 2. The van der Waals surface area contributed by atoms with Gasteiger partial charge in [0, 0.05) is 25.7 Å². The van der Waals surface area contributed by atoms with Crippen LogP contribution in [0.1, 0.15) is 382 Å². The molecule has 17 nitrogen and oxygen atoms in total. The largest absolute Gasteiger partial charge is 0.472 e. The third-order valence-electron chi connectivity index (χ3n) is 17.2. The Morgan fingerprint density at radius 1 is 0.290 bits per heavy atom. The minimum Gasteiger partial charge on any atom is -0.462 e. The number of aliphatic hydroxyl groups excluding tert-OH is 1. The molecule has 0 bridgehead atoms. The third kappa shape index (κ3) is 68.4. The van der Waals surface area contributed by atoms with Crippen molar-refractivity contribution in [3.05, 3.63) is 0 Å². The van der Waals surface area contributed by atoms with Gasteiger partial charge in [-0.15, -0.1) is 0 Å². The summed E-state index contributed by atoms with van der Waals surface area (Å²) in [4.78, 5) is 72.7. The number of hydrogen-bond acceptors (Lipinski definition) is 15. The number of carbonyl (C=O) groups excluding carboxylic acids is 4. The quantitative estimate of drug-likeness (QED) is 0.0222. The summed E-state index contributed by atoms with van der Waals surface area (Å²) in [5.41, 5.74) is 0. The van der Waals surface area contributed by atoms with E-state index in [1.165, 1.54) is 193 Å². The van der Waals surface area contributed by atoms with E-state index < -0.39 is 97.5 Å². The second-order valence-electron chi connectivity index (χ2n) is 27.6. The molecule has 93 heavy (non-hydrogen) atoms. The molecule has 0 aliphatic rings. The fraction of sp³-hybridized carbons (Fsp3) is 0.946. The first kappa shape index (κ1) is 91.1. The molecule has 5 atom stereocenters. The van der Waals surface area contributed by atoms with Gasteiger partial charge in [-0.2, -0.15) is 0 Å². The van der Waals surface area contributed by atoms with Crippen molar-refractivity contribution in [1.29, 1.82) is 0 Å². The number of phosphoric ester groups is 2. The predicted molar refractivity (Wildman–Crippen MR) is 377 cm³/mol. The zero-order chi connectivity index (χ0) is 68.6. The van der Waals surface area contributed by atoms with Crippen LogP contribution in [-0.4, -0.2) is 96.7 Å². The Hall–Kier alpha value is -1.94. The van der Waals surface area contributed by atoms with Crippen molar-refractivity contribution in [3.8, 4) is 0 Å². The van der Waals surface area contributed by atoms with Gasteiger partial charge in [0.15, 0.2) is 12.2 Å². The standard InChI is InChI=1S/C74H144O17P2/c1-7-9-11-13-15-17-19-21-22-23-24-25-26-28-30-34-38-46-52-58-73(78)90-69(62-84-71(76)56-50-44-37-33-29-27-20-18-16-14-12-10-8-2)64-88-92(80,81)86-60-68(75)61-87-93(82,83)89-65-70(63-85-72(77)57-51-45-41-40-43-49-55-67(5)6)91-74(79)59-53-47-39-35-31-32-36-42-48-54-66(3)4/h66-70,75H,7-65H2,1-6H3,(H,80,81)(H,82,83)/t68-,69-,70-/m1/s1. The topological polar surface area (TPSA) is 237 Å². The molecule has 0 spiro atoms. The Bertz CT molecular complexity index is 1800. The highest BCUT2D eigenvalue weighted by Crippen LogP contribution is 2.45. The molecule has 0 radical (unpaired) electrons. The zero-order valence-electron chi connectivity index (χ0n) is 60.6. The molecule has 552 valence electrons. The zero-order valence-corrected chi connectivity index (χ0v) is 62.3. The number of esters is 4. The van der Waals surface area contributed by atoms with Crippen LogP contribution in [0.4, 0.5) is 0 Å². The minimum absolute atomic E-state index is 0.104. The van der Waals surface area contributed by atoms with Crippen molar-refractivity contribution >= 4 is 39.5 Å². The highest BCUT2D eigenvalue weighted by atomic mass is 31.2. The number of rotatable bonds is 73. The van der Waals surface area contributed by atoms with E-state index in [9.17, 15) is 43.2 Å². The number of unbranched alkanes of at least 4 members (excludes halogenated alkanes) is 43. The first-order valence-electron chi connectivity index (χ1n) is 38.5. The van der Waals surface area contributed by atoms with E-state index in [0.717, 1.165) is 102 Å². The minimum atomic E-state index is -4.95. The van der Waals surface area contributed by atoms with E-state index in [1.54, 1.807) is 0 Å². The smallest absolute Gasteiger partial charge is 0.462 e. The molecule has 0 saturated heterocycles. The van der Waals surface area contributed by atoms with Crippen LogP contribution in [0.3, 0.4) is 0 Å². The van der Waals surface area contributed by atoms with Crippen molar-refractivity contribution < 1.29 is 80.2 Å². The van der Waals surface area contributed by atoms with Gasteiger partial charge in [0.2, 0.25) is 0 Å². The maximum atomic E-state index is 13.1. The summed E-state index contributed by atoms with van der Waals surface area (Å²) < 4.78 is 68.4. The Morgan fingerprint density at radius 3 is 0.731 bits per heavy atom. The van der Waals surface area contributed by atoms with Crippen molar-refractivity contribution in [1.82, 2.24) is 0 Å². The molecular formula is C74H144O17P2. The summed E-state index contributed by atoms with van der Waals surface area (Å²) in [7, 11) is -9.91. The summed E-state index contributed by atoms with van der Waals surface area (Å²) in [5.74, 6) is -0.705. The lowest BCUT2D eigenvalue weighted by atomic mass is 10.0. The maximum Gasteiger partial charge on any atom is 0.472 e. The molecule has 19 heteroatoms. The molecule has 0 aromatic carbocycles. The fourth-order valence-electron chi connectivity index (χ4n) is 11.3. The van der Waals surface area contributed by atoms with E-state index in [1.807, 2.05) is 0 Å². The molecule has 2 unspecified atom stereocenters. The molecule has 0 heterocycles. The van der Waals surface area contributed by atoms with Gasteiger partial charge in [-0.25, -0.2) is 9.13 Å². The average molecular weight is 1370 g/mol. The van der Waals surface area contributed by atoms with Gasteiger partial charge < -0.3 is 33.8 Å². The lowest BCUT2D eigenvalue weighted by molar-refractivity contribution is -0.161. The summed E-state index contributed by atoms with van der Waals surface area (Å²) in [6, 6.07) is 0. The molecule has 0 aromatic heterocycles. The first-order chi connectivity index (χ1) is 44.9. The molecule has 0 aliphatic carbocycles.